The molecule has 0 radical (unpaired) electrons. The second-order valence-corrected chi connectivity index (χ2v) is 25.8. The van der Waals surface area contributed by atoms with Crippen LogP contribution in [0.3, 0.4) is 0 Å². The Hall–Kier alpha value is -1.54. The lowest BCUT2D eigenvalue weighted by atomic mass is 9.64. The molecule has 0 spiro atoms. The van der Waals surface area contributed by atoms with Gasteiger partial charge in [-0.1, -0.05) is 72.7 Å². The van der Waals surface area contributed by atoms with Crippen LogP contribution in [-0.4, -0.2) is 35.2 Å². The number of halogens is 1. The van der Waals surface area contributed by atoms with Crippen LogP contribution in [0.4, 0.5) is 0 Å². The summed E-state index contributed by atoms with van der Waals surface area (Å²) >= 11 is 5.87. The highest BCUT2D eigenvalue weighted by molar-refractivity contribution is 6.75. The van der Waals surface area contributed by atoms with Crippen molar-refractivity contribution in [2.75, 3.05) is 12.5 Å². The van der Waals surface area contributed by atoms with E-state index < -0.39 is 16.6 Å². The quantitative estimate of drug-likeness (QED) is 0.205. The molecule has 0 N–H and O–H groups in total. The number of fused-ring (bicyclic) bond motifs is 1. The van der Waals surface area contributed by atoms with Gasteiger partial charge in [0, 0.05) is 0 Å². The van der Waals surface area contributed by atoms with Crippen LogP contribution in [0, 0.1) is 11.3 Å². The fraction of sp³-hybridized carbons (Fsp3) is 0.611. The molecule has 2 aliphatic rings. The molecular formula is C36H55ClO3Si2. The van der Waals surface area contributed by atoms with Gasteiger partial charge in [-0.05, 0) is 120 Å². The number of hydrogen-bond donors (Lipinski definition) is 0. The van der Waals surface area contributed by atoms with Crippen molar-refractivity contribution in [1.82, 2.24) is 0 Å². The van der Waals surface area contributed by atoms with E-state index in [9.17, 15) is 0 Å². The Balaban J connectivity index is 1.71. The van der Waals surface area contributed by atoms with Gasteiger partial charge in [0.25, 0.3) is 0 Å². The van der Waals surface area contributed by atoms with Crippen LogP contribution in [0.25, 0.3) is 11.1 Å². The second-order valence-electron chi connectivity index (χ2n) is 15.9. The number of allylic oxidation sites excluding steroid dienone is 2. The first-order valence-corrected chi connectivity index (χ1v) is 22.2. The summed E-state index contributed by atoms with van der Waals surface area (Å²) in [6.45, 7) is 26.4. The average Bonchev–Trinajstić information content (AvgIpc) is 3.20. The summed E-state index contributed by atoms with van der Waals surface area (Å²) in [4.78, 5) is 0. The molecule has 0 aliphatic heterocycles. The lowest BCUT2D eigenvalue weighted by Crippen LogP contribution is -2.48. The molecule has 42 heavy (non-hydrogen) atoms. The fourth-order valence-electron chi connectivity index (χ4n) is 6.10. The Labute approximate surface area is 263 Å². The van der Waals surface area contributed by atoms with E-state index in [1.165, 1.54) is 28.7 Å². The van der Waals surface area contributed by atoms with Crippen molar-refractivity contribution < 1.29 is 13.6 Å². The van der Waals surface area contributed by atoms with Crippen molar-refractivity contribution in [3.8, 4) is 11.5 Å². The first-order valence-electron chi connectivity index (χ1n) is 15.9. The zero-order valence-corrected chi connectivity index (χ0v) is 30.9. The van der Waals surface area contributed by atoms with Gasteiger partial charge in [0.05, 0.1) is 12.0 Å². The van der Waals surface area contributed by atoms with Crippen molar-refractivity contribution in [3.05, 3.63) is 59.7 Å². The summed E-state index contributed by atoms with van der Waals surface area (Å²) in [6.07, 6.45) is 4.78. The van der Waals surface area contributed by atoms with Crippen LogP contribution in [0.1, 0.15) is 85.3 Å². The molecule has 6 heteroatoms. The standard InChI is InChI=1S/C36H55ClO3Si2/c1-34(2,3)41(8,9)39-30-19-14-26(15-20-30)31-24-28-16-21-33(40-42(10,11)35(4,5)6)36(28,7)25-32(31)27-12-17-29(18-13-27)38-23-22-37/h12-15,17-20,28,33H,16,21-25H2,1-11H3/t28-,33-,36?/m0/s1. The largest absolute Gasteiger partial charge is 0.544 e. The molecule has 4 rings (SSSR count). The minimum Gasteiger partial charge on any atom is -0.544 e. The van der Waals surface area contributed by atoms with Crippen LogP contribution in [0.2, 0.25) is 36.3 Å². The van der Waals surface area contributed by atoms with E-state index >= 15 is 0 Å². The van der Waals surface area contributed by atoms with Crippen LogP contribution < -0.4 is 9.16 Å². The average molecular weight is 627 g/mol. The molecule has 2 aromatic rings. The van der Waals surface area contributed by atoms with Crippen molar-refractivity contribution in [2.45, 2.75) is 117 Å². The highest BCUT2D eigenvalue weighted by atomic mass is 35.5. The van der Waals surface area contributed by atoms with Gasteiger partial charge in [0.1, 0.15) is 18.1 Å². The topological polar surface area (TPSA) is 27.7 Å². The highest BCUT2D eigenvalue weighted by Gasteiger charge is 2.53. The second kappa shape index (κ2) is 12.1. The molecule has 0 saturated heterocycles. The monoisotopic (exact) mass is 626 g/mol. The van der Waals surface area contributed by atoms with Crippen molar-refractivity contribution in [2.24, 2.45) is 11.3 Å². The Bertz CT molecular complexity index is 1250. The molecule has 1 fully saturated rings. The molecule has 232 valence electrons. The Morgan fingerprint density at radius 3 is 1.81 bits per heavy atom. The summed E-state index contributed by atoms with van der Waals surface area (Å²) in [5, 5.41) is 0.368. The minimum atomic E-state index is -1.90. The van der Waals surface area contributed by atoms with E-state index in [0.717, 1.165) is 30.8 Å². The lowest BCUT2D eigenvalue weighted by molar-refractivity contribution is 0.0509. The molecule has 0 bridgehead atoms. The van der Waals surface area contributed by atoms with Gasteiger partial charge >= 0.3 is 0 Å². The minimum absolute atomic E-state index is 0.119. The first-order chi connectivity index (χ1) is 19.4. The summed E-state index contributed by atoms with van der Waals surface area (Å²) in [6, 6.07) is 17.6. The highest BCUT2D eigenvalue weighted by Crippen LogP contribution is 2.59. The molecule has 0 heterocycles. The zero-order valence-electron chi connectivity index (χ0n) is 28.1. The third-order valence-electron chi connectivity index (χ3n) is 11.0. The SMILES string of the molecule is CC12CC(c3ccc(OCCCl)cc3)=C(c3ccc(O[Si](C)(C)C(C)(C)C)cc3)C[C@@H]1CC[C@@H]2O[Si](C)(C)C(C)(C)C. The van der Waals surface area contributed by atoms with Crippen LogP contribution >= 0.6 is 11.6 Å². The molecule has 1 unspecified atom stereocenters. The number of ether oxygens (including phenoxy) is 1. The van der Waals surface area contributed by atoms with Crippen LogP contribution in [-0.2, 0) is 4.43 Å². The maximum atomic E-state index is 7.18. The molecule has 2 aromatic carbocycles. The molecule has 0 amide bonds. The third kappa shape index (κ3) is 6.90. The van der Waals surface area contributed by atoms with Gasteiger partial charge in [-0.15, -0.1) is 11.6 Å². The van der Waals surface area contributed by atoms with E-state index in [0.29, 0.717) is 24.5 Å². The summed E-state index contributed by atoms with van der Waals surface area (Å²) in [5.41, 5.74) is 5.63. The lowest BCUT2D eigenvalue weighted by Gasteiger charge is -2.47. The number of rotatable bonds is 9. The predicted octanol–water partition coefficient (Wildman–Crippen LogP) is 11.2. The molecule has 3 atom stereocenters. The van der Waals surface area contributed by atoms with Crippen LogP contribution in [0.5, 0.6) is 11.5 Å². The fourth-order valence-corrected chi connectivity index (χ4v) is 8.66. The molecule has 2 aliphatic carbocycles. The van der Waals surface area contributed by atoms with E-state index in [4.69, 9.17) is 25.2 Å². The predicted molar refractivity (Wildman–Crippen MR) is 186 cm³/mol. The third-order valence-corrected chi connectivity index (χ3v) is 20.0. The Morgan fingerprint density at radius 2 is 1.29 bits per heavy atom. The van der Waals surface area contributed by atoms with Crippen molar-refractivity contribution in [1.29, 1.82) is 0 Å². The van der Waals surface area contributed by atoms with Gasteiger partial charge in [0.15, 0.2) is 8.32 Å². The zero-order chi connectivity index (χ0) is 31.1. The van der Waals surface area contributed by atoms with Gasteiger partial charge in [-0.25, -0.2) is 0 Å². The van der Waals surface area contributed by atoms with Gasteiger partial charge in [-0.2, -0.15) is 0 Å². The van der Waals surface area contributed by atoms with E-state index in [2.05, 4.69) is 123 Å². The molecule has 0 aromatic heterocycles. The van der Waals surface area contributed by atoms with E-state index in [-0.39, 0.29) is 15.5 Å². The van der Waals surface area contributed by atoms with Gasteiger partial charge in [0.2, 0.25) is 8.32 Å². The van der Waals surface area contributed by atoms with E-state index in [1.807, 2.05) is 0 Å². The molecular weight excluding hydrogens is 572 g/mol. The normalized spacial score (nSPS) is 23.6. The van der Waals surface area contributed by atoms with Gasteiger partial charge < -0.3 is 13.6 Å². The Morgan fingerprint density at radius 1 is 0.762 bits per heavy atom. The number of benzene rings is 2. The van der Waals surface area contributed by atoms with Crippen LogP contribution in [0.15, 0.2) is 48.5 Å². The van der Waals surface area contributed by atoms with Crippen molar-refractivity contribution >= 4 is 39.4 Å². The number of alkyl halides is 1. The molecule has 3 nitrogen and oxygen atoms in total. The maximum absolute atomic E-state index is 7.18. The summed E-state index contributed by atoms with van der Waals surface area (Å²) in [7, 11) is -3.78. The first kappa shape index (κ1) is 33.4. The van der Waals surface area contributed by atoms with Gasteiger partial charge in [-0.3, -0.25) is 0 Å². The smallest absolute Gasteiger partial charge is 0.250 e. The maximum Gasteiger partial charge on any atom is 0.250 e. The van der Waals surface area contributed by atoms with Crippen molar-refractivity contribution in [3.63, 3.8) is 0 Å². The molecule has 1 saturated carbocycles. The summed E-state index contributed by atoms with van der Waals surface area (Å²) < 4.78 is 19.6. The van der Waals surface area contributed by atoms with E-state index in [1.54, 1.807) is 0 Å². The Kier molecular flexibility index (Phi) is 9.61. The number of hydrogen-bond acceptors (Lipinski definition) is 3. The summed E-state index contributed by atoms with van der Waals surface area (Å²) in [5.74, 6) is 2.95.